The van der Waals surface area contributed by atoms with E-state index in [0.717, 1.165) is 22.8 Å². The summed E-state index contributed by atoms with van der Waals surface area (Å²) in [6.07, 6.45) is 0. The van der Waals surface area contributed by atoms with Gasteiger partial charge in [0, 0.05) is 5.69 Å². The van der Waals surface area contributed by atoms with E-state index in [2.05, 4.69) is 10.9 Å². The topological polar surface area (TPSA) is 59.3 Å². The largest absolute Gasteiger partial charge is 0.497 e. The lowest BCUT2D eigenvalue weighted by Gasteiger charge is -2.10. The number of rotatable bonds is 4. The number of nitrogen functional groups attached to an aromatic ring is 1. The van der Waals surface area contributed by atoms with Gasteiger partial charge in [0.25, 0.3) is 0 Å². The molecular formula is C13H15N3O. The van der Waals surface area contributed by atoms with Crippen LogP contribution in [0.15, 0.2) is 48.5 Å². The van der Waals surface area contributed by atoms with Gasteiger partial charge in [-0.15, -0.1) is 0 Å². The van der Waals surface area contributed by atoms with E-state index in [1.807, 2.05) is 48.5 Å². The Bertz CT molecular complexity index is 465. The molecule has 2 aromatic rings. The van der Waals surface area contributed by atoms with E-state index in [4.69, 9.17) is 10.5 Å². The minimum atomic E-state index is 0.750. The summed E-state index contributed by atoms with van der Waals surface area (Å²) in [5, 5.41) is 0. The average molecular weight is 229 g/mol. The first-order valence-corrected chi connectivity index (χ1v) is 5.29. The van der Waals surface area contributed by atoms with Gasteiger partial charge in [0.05, 0.1) is 18.5 Å². The van der Waals surface area contributed by atoms with Crippen LogP contribution in [0, 0.1) is 0 Å². The molecule has 0 aromatic heterocycles. The van der Waals surface area contributed by atoms with Crippen LogP contribution in [-0.2, 0) is 0 Å². The smallest absolute Gasteiger partial charge is 0.119 e. The Balaban J connectivity index is 1.95. The molecule has 4 heteroatoms. The van der Waals surface area contributed by atoms with Crippen molar-refractivity contribution in [1.82, 2.24) is 0 Å². The van der Waals surface area contributed by atoms with Gasteiger partial charge in [0.2, 0.25) is 0 Å². The van der Waals surface area contributed by atoms with E-state index in [-0.39, 0.29) is 0 Å². The van der Waals surface area contributed by atoms with Crippen LogP contribution < -0.4 is 21.3 Å². The predicted molar refractivity (Wildman–Crippen MR) is 71.1 cm³/mol. The second kappa shape index (κ2) is 5.12. The molecule has 0 unspecified atom stereocenters. The lowest BCUT2D eigenvalue weighted by molar-refractivity contribution is 0.415. The van der Waals surface area contributed by atoms with E-state index < -0.39 is 0 Å². The molecule has 2 rings (SSSR count). The van der Waals surface area contributed by atoms with E-state index in [9.17, 15) is 0 Å². The van der Waals surface area contributed by atoms with Gasteiger partial charge in [-0.1, -0.05) is 0 Å². The first kappa shape index (κ1) is 11.1. The lowest BCUT2D eigenvalue weighted by Crippen LogP contribution is -2.08. The highest BCUT2D eigenvalue weighted by molar-refractivity contribution is 5.56. The summed E-state index contributed by atoms with van der Waals surface area (Å²) in [6.45, 7) is 0. The maximum absolute atomic E-state index is 5.60. The maximum Gasteiger partial charge on any atom is 0.119 e. The fourth-order valence-electron chi connectivity index (χ4n) is 1.39. The summed E-state index contributed by atoms with van der Waals surface area (Å²) < 4.78 is 5.08. The third-order valence-corrected chi connectivity index (χ3v) is 2.35. The van der Waals surface area contributed by atoms with Crippen LogP contribution >= 0.6 is 0 Å². The zero-order chi connectivity index (χ0) is 12.1. The number of nitrogens with two attached hydrogens (primary N) is 1. The first-order valence-electron chi connectivity index (χ1n) is 5.29. The molecule has 0 radical (unpaired) electrons. The number of anilines is 3. The first-order chi connectivity index (χ1) is 8.28. The number of hydrazine groups is 1. The number of nitrogens with one attached hydrogen (secondary N) is 2. The molecule has 0 heterocycles. The van der Waals surface area contributed by atoms with Crippen LogP contribution in [-0.4, -0.2) is 7.11 Å². The number of methoxy groups -OCH3 is 1. The van der Waals surface area contributed by atoms with Crippen molar-refractivity contribution in [3.05, 3.63) is 48.5 Å². The minimum absolute atomic E-state index is 0.750. The molecule has 0 aliphatic carbocycles. The van der Waals surface area contributed by atoms with Crippen molar-refractivity contribution in [2.45, 2.75) is 0 Å². The Morgan fingerprint density at radius 3 is 1.76 bits per heavy atom. The third kappa shape index (κ3) is 3.04. The number of hydrogen-bond acceptors (Lipinski definition) is 4. The van der Waals surface area contributed by atoms with Crippen LogP contribution in [0.4, 0.5) is 17.1 Å². The van der Waals surface area contributed by atoms with E-state index in [0.29, 0.717) is 0 Å². The van der Waals surface area contributed by atoms with Gasteiger partial charge in [-0.25, -0.2) is 0 Å². The second-order valence-corrected chi connectivity index (χ2v) is 3.60. The molecule has 0 atom stereocenters. The van der Waals surface area contributed by atoms with Gasteiger partial charge in [0.15, 0.2) is 0 Å². The van der Waals surface area contributed by atoms with E-state index in [1.165, 1.54) is 0 Å². The van der Waals surface area contributed by atoms with Crippen molar-refractivity contribution in [2.75, 3.05) is 23.7 Å². The predicted octanol–water partition coefficient (Wildman–Crippen LogP) is 2.72. The highest BCUT2D eigenvalue weighted by Crippen LogP contribution is 2.16. The average Bonchev–Trinajstić information content (AvgIpc) is 2.39. The van der Waals surface area contributed by atoms with Gasteiger partial charge in [-0.05, 0) is 48.5 Å². The van der Waals surface area contributed by atoms with Gasteiger partial charge in [-0.3, -0.25) is 0 Å². The van der Waals surface area contributed by atoms with Crippen LogP contribution in [0.3, 0.4) is 0 Å². The van der Waals surface area contributed by atoms with Gasteiger partial charge >= 0.3 is 0 Å². The molecule has 0 fully saturated rings. The minimum Gasteiger partial charge on any atom is -0.497 e. The molecule has 0 saturated carbocycles. The molecule has 17 heavy (non-hydrogen) atoms. The Morgan fingerprint density at radius 2 is 1.29 bits per heavy atom. The molecular weight excluding hydrogens is 214 g/mol. The Hall–Kier alpha value is -2.36. The van der Waals surface area contributed by atoms with Crippen LogP contribution in [0.5, 0.6) is 5.75 Å². The fraction of sp³-hybridized carbons (Fsp3) is 0.0769. The zero-order valence-electron chi connectivity index (χ0n) is 9.60. The summed E-state index contributed by atoms with van der Waals surface area (Å²) in [5.74, 6) is 0.836. The van der Waals surface area contributed by atoms with Gasteiger partial charge < -0.3 is 21.3 Å². The standard InChI is InChI=1S/C13H15N3O/c1-17-13-8-6-12(7-9-13)16-15-11-4-2-10(14)3-5-11/h2-9,15-16H,14H2,1H3. The highest BCUT2D eigenvalue weighted by atomic mass is 16.5. The fourth-order valence-corrected chi connectivity index (χ4v) is 1.39. The van der Waals surface area contributed by atoms with Crippen molar-refractivity contribution in [1.29, 1.82) is 0 Å². The van der Waals surface area contributed by atoms with Crippen molar-refractivity contribution < 1.29 is 4.74 Å². The number of benzene rings is 2. The summed E-state index contributed by atoms with van der Waals surface area (Å²) in [6, 6.07) is 15.2. The molecule has 4 nitrogen and oxygen atoms in total. The molecule has 0 aliphatic rings. The number of ether oxygens (including phenoxy) is 1. The Kier molecular flexibility index (Phi) is 3.35. The summed E-state index contributed by atoms with van der Waals surface area (Å²) >= 11 is 0. The van der Waals surface area contributed by atoms with Crippen LogP contribution in [0.25, 0.3) is 0 Å². The Morgan fingerprint density at radius 1 is 0.824 bits per heavy atom. The lowest BCUT2D eigenvalue weighted by atomic mass is 10.3. The monoisotopic (exact) mass is 229 g/mol. The van der Waals surface area contributed by atoms with E-state index >= 15 is 0 Å². The number of hydrogen-bond donors (Lipinski definition) is 3. The molecule has 0 saturated heterocycles. The molecule has 0 bridgehead atoms. The summed E-state index contributed by atoms with van der Waals surface area (Å²) in [4.78, 5) is 0. The van der Waals surface area contributed by atoms with Crippen LogP contribution in [0.2, 0.25) is 0 Å². The van der Waals surface area contributed by atoms with Crippen molar-refractivity contribution in [3.8, 4) is 5.75 Å². The molecule has 4 N–H and O–H groups in total. The molecule has 88 valence electrons. The summed E-state index contributed by atoms with van der Waals surface area (Å²) in [5.41, 5.74) is 14.4. The van der Waals surface area contributed by atoms with Gasteiger partial charge in [-0.2, -0.15) is 0 Å². The van der Waals surface area contributed by atoms with Crippen LogP contribution in [0.1, 0.15) is 0 Å². The normalized spacial score (nSPS) is 9.71. The third-order valence-electron chi connectivity index (χ3n) is 2.35. The van der Waals surface area contributed by atoms with Crippen molar-refractivity contribution >= 4 is 17.1 Å². The summed E-state index contributed by atoms with van der Waals surface area (Å²) in [7, 11) is 1.65. The molecule has 0 aliphatic heterocycles. The second-order valence-electron chi connectivity index (χ2n) is 3.60. The van der Waals surface area contributed by atoms with Gasteiger partial charge in [0.1, 0.15) is 5.75 Å². The quantitative estimate of drug-likeness (QED) is 0.557. The highest BCUT2D eigenvalue weighted by Gasteiger charge is 1.94. The molecule has 0 spiro atoms. The maximum atomic E-state index is 5.60. The molecule has 0 amide bonds. The van der Waals surface area contributed by atoms with Crippen molar-refractivity contribution in [2.24, 2.45) is 0 Å². The van der Waals surface area contributed by atoms with Crippen molar-refractivity contribution in [3.63, 3.8) is 0 Å². The SMILES string of the molecule is COc1ccc(NNc2ccc(N)cc2)cc1. The zero-order valence-corrected chi connectivity index (χ0v) is 9.60. The molecule has 2 aromatic carbocycles. The van der Waals surface area contributed by atoms with E-state index in [1.54, 1.807) is 7.11 Å². The Labute approximate surface area is 100 Å².